The number of carbonyl (C=O) groups excluding carboxylic acids is 1. The van der Waals surface area contributed by atoms with Gasteiger partial charge in [0.25, 0.3) is 0 Å². The molecule has 0 atom stereocenters. The molecule has 0 unspecified atom stereocenters. The van der Waals surface area contributed by atoms with Crippen LogP contribution in [-0.4, -0.2) is 15.9 Å². The predicted octanol–water partition coefficient (Wildman–Crippen LogP) is 2.91. The number of rotatable bonds is 1. The van der Waals surface area contributed by atoms with Crippen molar-refractivity contribution in [3.63, 3.8) is 0 Å². The lowest BCUT2D eigenvalue weighted by atomic mass is 10.1. The molecule has 1 N–H and O–H groups in total. The van der Waals surface area contributed by atoms with Crippen molar-refractivity contribution < 1.29 is 9.90 Å². The highest BCUT2D eigenvalue weighted by Crippen LogP contribution is 2.27. The minimum absolute atomic E-state index is 0.0755. The Bertz CT molecular complexity index is 552. The van der Waals surface area contributed by atoms with Crippen molar-refractivity contribution in [1.82, 2.24) is 4.98 Å². The van der Waals surface area contributed by atoms with E-state index in [4.69, 9.17) is 0 Å². The summed E-state index contributed by atoms with van der Waals surface area (Å²) in [6.45, 7) is 1.42. The molecule has 0 saturated carbocycles. The second-order valence-corrected chi connectivity index (χ2v) is 4.16. The largest absolute Gasteiger partial charge is 0.507 e. The predicted molar refractivity (Wildman–Crippen MR) is 61.1 cm³/mol. The monoisotopic (exact) mass is 265 g/mol. The van der Waals surface area contributed by atoms with Gasteiger partial charge in [0.15, 0.2) is 5.78 Å². The molecule has 1 aromatic carbocycles. The molecule has 0 aliphatic heterocycles. The average molecular weight is 266 g/mol. The summed E-state index contributed by atoms with van der Waals surface area (Å²) in [5.74, 6) is -0.0818. The van der Waals surface area contributed by atoms with E-state index in [1.165, 1.54) is 13.0 Å². The van der Waals surface area contributed by atoms with E-state index in [9.17, 15) is 9.90 Å². The van der Waals surface area contributed by atoms with Gasteiger partial charge >= 0.3 is 0 Å². The van der Waals surface area contributed by atoms with Gasteiger partial charge < -0.3 is 5.11 Å². The minimum Gasteiger partial charge on any atom is -0.507 e. The first-order valence-corrected chi connectivity index (χ1v) is 5.17. The number of hydrogen-bond donors (Lipinski definition) is 1. The Morgan fingerprint density at radius 1 is 1.40 bits per heavy atom. The molecule has 0 saturated heterocycles. The van der Waals surface area contributed by atoms with Gasteiger partial charge in [-0.05, 0) is 18.2 Å². The Hall–Kier alpha value is -1.42. The molecule has 1 aromatic heterocycles. The van der Waals surface area contributed by atoms with Crippen LogP contribution in [0.3, 0.4) is 0 Å². The zero-order valence-electron chi connectivity index (χ0n) is 7.99. The fourth-order valence-corrected chi connectivity index (χ4v) is 1.72. The normalized spacial score (nSPS) is 10.5. The van der Waals surface area contributed by atoms with Gasteiger partial charge in [0, 0.05) is 22.8 Å². The van der Waals surface area contributed by atoms with Gasteiger partial charge in [-0.15, -0.1) is 0 Å². The van der Waals surface area contributed by atoms with Gasteiger partial charge in [0.2, 0.25) is 0 Å². The van der Waals surface area contributed by atoms with Crippen LogP contribution in [0.2, 0.25) is 0 Å². The SMILES string of the molecule is CC(=O)c1cc(O)c2cc(Br)ccc2n1. The molecule has 0 spiro atoms. The number of Topliss-reactive ketones (excluding diaryl/α,β-unsaturated/α-hetero) is 1. The molecule has 4 heteroatoms. The first-order chi connectivity index (χ1) is 7.08. The molecule has 76 valence electrons. The van der Waals surface area contributed by atoms with Crippen molar-refractivity contribution >= 4 is 32.6 Å². The molecule has 0 amide bonds. The van der Waals surface area contributed by atoms with E-state index in [1.54, 1.807) is 12.1 Å². The van der Waals surface area contributed by atoms with Crippen LogP contribution in [0.15, 0.2) is 28.7 Å². The second-order valence-electron chi connectivity index (χ2n) is 3.24. The maximum absolute atomic E-state index is 11.1. The molecular formula is C11H8BrNO2. The molecule has 2 rings (SSSR count). The van der Waals surface area contributed by atoms with Gasteiger partial charge in [-0.1, -0.05) is 15.9 Å². The third-order valence-electron chi connectivity index (χ3n) is 2.11. The highest BCUT2D eigenvalue weighted by atomic mass is 79.9. The van der Waals surface area contributed by atoms with Crippen molar-refractivity contribution in [2.75, 3.05) is 0 Å². The molecule has 2 aromatic rings. The maximum Gasteiger partial charge on any atom is 0.178 e. The number of aromatic hydroxyl groups is 1. The van der Waals surface area contributed by atoms with Crippen LogP contribution in [0, 0.1) is 0 Å². The summed E-state index contributed by atoms with van der Waals surface area (Å²) in [5.41, 5.74) is 0.894. The van der Waals surface area contributed by atoms with Gasteiger partial charge in [-0.2, -0.15) is 0 Å². The Balaban J connectivity index is 2.78. The number of benzene rings is 1. The van der Waals surface area contributed by atoms with Crippen molar-refractivity contribution in [1.29, 1.82) is 0 Å². The number of halogens is 1. The maximum atomic E-state index is 11.1. The van der Waals surface area contributed by atoms with Crippen LogP contribution in [0.4, 0.5) is 0 Å². The minimum atomic E-state index is -0.157. The standard InChI is InChI=1S/C11H8BrNO2/c1-6(14)10-5-11(15)8-4-7(12)2-3-9(8)13-10/h2-5H,1H3,(H,13,15). The Morgan fingerprint density at radius 2 is 2.13 bits per heavy atom. The van der Waals surface area contributed by atoms with Crippen LogP contribution < -0.4 is 0 Å². The second kappa shape index (κ2) is 3.62. The quantitative estimate of drug-likeness (QED) is 0.807. The van der Waals surface area contributed by atoms with Crippen molar-refractivity contribution in [2.45, 2.75) is 6.92 Å². The summed E-state index contributed by atoms with van der Waals surface area (Å²) in [4.78, 5) is 15.3. The van der Waals surface area contributed by atoms with Gasteiger partial charge in [0.05, 0.1) is 5.52 Å². The van der Waals surface area contributed by atoms with Gasteiger partial charge in [0.1, 0.15) is 11.4 Å². The molecule has 0 aliphatic carbocycles. The smallest absolute Gasteiger partial charge is 0.178 e. The van der Waals surface area contributed by atoms with E-state index in [2.05, 4.69) is 20.9 Å². The highest BCUT2D eigenvalue weighted by Gasteiger charge is 2.08. The van der Waals surface area contributed by atoms with Crippen molar-refractivity contribution in [3.05, 3.63) is 34.4 Å². The van der Waals surface area contributed by atoms with Crippen LogP contribution >= 0.6 is 15.9 Å². The summed E-state index contributed by atoms with van der Waals surface area (Å²) >= 11 is 3.31. The summed E-state index contributed by atoms with van der Waals surface area (Å²) in [7, 11) is 0. The van der Waals surface area contributed by atoms with Crippen molar-refractivity contribution in [2.24, 2.45) is 0 Å². The van der Waals surface area contributed by atoms with Crippen LogP contribution in [-0.2, 0) is 0 Å². The summed E-state index contributed by atoms with van der Waals surface area (Å²) < 4.78 is 0.864. The molecule has 0 radical (unpaired) electrons. The average Bonchev–Trinajstić information content (AvgIpc) is 2.18. The molecule has 3 nitrogen and oxygen atoms in total. The number of ketones is 1. The summed E-state index contributed by atoms with van der Waals surface area (Å²) in [6, 6.07) is 6.73. The Labute approximate surface area is 94.9 Å². The lowest BCUT2D eigenvalue weighted by Crippen LogP contribution is -1.96. The number of hydrogen-bond acceptors (Lipinski definition) is 3. The van der Waals surface area contributed by atoms with Crippen molar-refractivity contribution in [3.8, 4) is 5.75 Å². The third-order valence-corrected chi connectivity index (χ3v) is 2.60. The third kappa shape index (κ3) is 1.85. The first-order valence-electron chi connectivity index (χ1n) is 4.38. The molecule has 1 heterocycles. The lowest BCUT2D eigenvalue weighted by Gasteiger charge is -2.03. The van der Waals surface area contributed by atoms with E-state index in [1.807, 2.05) is 6.07 Å². The molecular weight excluding hydrogens is 258 g/mol. The molecule has 0 fully saturated rings. The number of pyridine rings is 1. The first kappa shape index (κ1) is 10.1. The number of fused-ring (bicyclic) bond motifs is 1. The summed E-state index contributed by atoms with van der Waals surface area (Å²) in [6.07, 6.45) is 0. The topological polar surface area (TPSA) is 50.2 Å². The zero-order valence-corrected chi connectivity index (χ0v) is 9.58. The van der Waals surface area contributed by atoms with Crippen LogP contribution in [0.25, 0.3) is 10.9 Å². The van der Waals surface area contributed by atoms with E-state index in [0.29, 0.717) is 10.9 Å². The van der Waals surface area contributed by atoms with E-state index < -0.39 is 0 Å². The highest BCUT2D eigenvalue weighted by molar-refractivity contribution is 9.10. The molecule has 15 heavy (non-hydrogen) atoms. The summed E-state index contributed by atoms with van der Waals surface area (Å²) in [5, 5.41) is 10.3. The molecule has 0 aliphatic rings. The fourth-order valence-electron chi connectivity index (χ4n) is 1.36. The van der Waals surface area contributed by atoms with E-state index >= 15 is 0 Å². The Kier molecular flexibility index (Phi) is 2.44. The van der Waals surface area contributed by atoms with Gasteiger partial charge in [-0.25, -0.2) is 4.98 Å². The van der Waals surface area contributed by atoms with Gasteiger partial charge in [-0.3, -0.25) is 4.79 Å². The lowest BCUT2D eigenvalue weighted by molar-refractivity contribution is 0.101. The fraction of sp³-hybridized carbons (Fsp3) is 0.0909. The van der Waals surface area contributed by atoms with Crippen LogP contribution in [0.1, 0.15) is 17.4 Å². The molecule has 0 bridgehead atoms. The number of nitrogens with zero attached hydrogens (tertiary/aromatic N) is 1. The Morgan fingerprint density at radius 3 is 2.80 bits per heavy atom. The number of carbonyl (C=O) groups is 1. The number of aromatic nitrogens is 1. The van der Waals surface area contributed by atoms with E-state index in [0.717, 1.165) is 4.47 Å². The van der Waals surface area contributed by atoms with E-state index in [-0.39, 0.29) is 17.2 Å². The van der Waals surface area contributed by atoms with Crippen LogP contribution in [0.5, 0.6) is 5.75 Å². The zero-order chi connectivity index (χ0) is 11.0.